The quantitative estimate of drug-likeness (QED) is 0.693. The number of nitrogens with one attached hydrogen (secondary N) is 1. The summed E-state index contributed by atoms with van der Waals surface area (Å²) >= 11 is 0. The van der Waals surface area contributed by atoms with E-state index in [4.69, 9.17) is 0 Å². The summed E-state index contributed by atoms with van der Waals surface area (Å²) in [5.74, 6) is -0.723. The summed E-state index contributed by atoms with van der Waals surface area (Å²) in [6.07, 6.45) is 1.28. The fourth-order valence-corrected chi connectivity index (χ4v) is 1.72. The van der Waals surface area contributed by atoms with Crippen LogP contribution in [-0.4, -0.2) is 26.2 Å². The van der Waals surface area contributed by atoms with Crippen molar-refractivity contribution >= 4 is 17.8 Å². The summed E-state index contributed by atoms with van der Waals surface area (Å²) in [5, 5.41) is 3.76. The molecular formula is C16H16FN3O. The van der Waals surface area contributed by atoms with Gasteiger partial charge < -0.3 is 4.90 Å². The Morgan fingerprint density at radius 2 is 1.81 bits per heavy atom. The molecule has 108 valence electrons. The number of rotatable bonds is 4. The van der Waals surface area contributed by atoms with Crippen molar-refractivity contribution in [1.82, 2.24) is 5.43 Å². The van der Waals surface area contributed by atoms with Crippen molar-refractivity contribution in [2.75, 3.05) is 19.0 Å². The lowest BCUT2D eigenvalue weighted by Crippen LogP contribution is -2.18. The number of amides is 1. The SMILES string of the molecule is CN(C)c1ccc(C(=O)N/N=C/c2ccccc2F)cc1. The number of carbonyl (C=O) groups excluding carboxylic acids is 1. The molecule has 21 heavy (non-hydrogen) atoms. The first kappa shape index (κ1) is 14.7. The van der Waals surface area contributed by atoms with Gasteiger partial charge in [-0.2, -0.15) is 5.10 Å². The van der Waals surface area contributed by atoms with Gasteiger partial charge in [-0.25, -0.2) is 9.82 Å². The molecular weight excluding hydrogens is 269 g/mol. The van der Waals surface area contributed by atoms with Crippen molar-refractivity contribution in [3.8, 4) is 0 Å². The van der Waals surface area contributed by atoms with E-state index in [2.05, 4.69) is 10.5 Å². The Bertz CT molecular complexity index is 651. The Labute approximate surface area is 122 Å². The van der Waals surface area contributed by atoms with Crippen molar-refractivity contribution in [3.63, 3.8) is 0 Å². The lowest BCUT2D eigenvalue weighted by molar-refractivity contribution is 0.0955. The fraction of sp³-hybridized carbons (Fsp3) is 0.125. The molecule has 0 saturated heterocycles. The maximum Gasteiger partial charge on any atom is 0.271 e. The zero-order valence-electron chi connectivity index (χ0n) is 11.9. The number of nitrogens with zero attached hydrogens (tertiary/aromatic N) is 2. The zero-order valence-corrected chi connectivity index (χ0v) is 11.9. The number of benzene rings is 2. The molecule has 2 aromatic carbocycles. The number of halogens is 1. The average Bonchev–Trinajstić information content (AvgIpc) is 2.49. The maximum atomic E-state index is 13.3. The molecule has 2 rings (SSSR count). The Morgan fingerprint density at radius 1 is 1.14 bits per heavy atom. The van der Waals surface area contributed by atoms with E-state index in [1.807, 2.05) is 31.1 Å². The van der Waals surface area contributed by atoms with Gasteiger partial charge >= 0.3 is 0 Å². The molecule has 5 heteroatoms. The molecule has 0 aliphatic rings. The summed E-state index contributed by atoms with van der Waals surface area (Å²) in [4.78, 5) is 13.8. The highest BCUT2D eigenvalue weighted by atomic mass is 19.1. The van der Waals surface area contributed by atoms with E-state index in [1.54, 1.807) is 30.3 Å². The number of hydrogen-bond donors (Lipinski definition) is 1. The second kappa shape index (κ2) is 6.65. The largest absolute Gasteiger partial charge is 0.378 e. The van der Waals surface area contributed by atoms with Gasteiger partial charge in [0.25, 0.3) is 5.91 Å². The first-order valence-electron chi connectivity index (χ1n) is 6.43. The van der Waals surface area contributed by atoms with E-state index in [1.165, 1.54) is 12.3 Å². The van der Waals surface area contributed by atoms with E-state index in [0.29, 0.717) is 11.1 Å². The van der Waals surface area contributed by atoms with Crippen LogP contribution in [0.15, 0.2) is 53.6 Å². The van der Waals surface area contributed by atoms with E-state index >= 15 is 0 Å². The fourth-order valence-electron chi connectivity index (χ4n) is 1.72. The summed E-state index contributed by atoms with van der Waals surface area (Å²) in [6, 6.07) is 13.3. The summed E-state index contributed by atoms with van der Waals surface area (Å²) in [6.45, 7) is 0. The number of hydrogen-bond acceptors (Lipinski definition) is 3. The number of carbonyl (C=O) groups is 1. The van der Waals surface area contributed by atoms with E-state index in [0.717, 1.165) is 5.69 Å². The summed E-state index contributed by atoms with van der Waals surface area (Å²) in [5.41, 5.74) is 4.19. The molecule has 0 radical (unpaired) electrons. The van der Waals surface area contributed by atoms with Crippen molar-refractivity contribution in [2.45, 2.75) is 0 Å². The van der Waals surface area contributed by atoms with Gasteiger partial charge in [0.1, 0.15) is 5.82 Å². The first-order chi connectivity index (χ1) is 10.1. The third-order valence-electron chi connectivity index (χ3n) is 2.92. The highest BCUT2D eigenvalue weighted by Crippen LogP contribution is 2.12. The molecule has 4 nitrogen and oxygen atoms in total. The molecule has 0 fully saturated rings. The van der Waals surface area contributed by atoms with Crippen LogP contribution in [0.1, 0.15) is 15.9 Å². The van der Waals surface area contributed by atoms with Crippen LogP contribution in [0, 0.1) is 5.82 Å². The number of anilines is 1. The van der Waals surface area contributed by atoms with Gasteiger partial charge in [0.05, 0.1) is 6.21 Å². The van der Waals surface area contributed by atoms with Crippen LogP contribution in [0.5, 0.6) is 0 Å². The van der Waals surface area contributed by atoms with Gasteiger partial charge in [0, 0.05) is 30.9 Å². The van der Waals surface area contributed by atoms with Crippen molar-refractivity contribution in [3.05, 3.63) is 65.5 Å². The molecule has 0 atom stereocenters. The molecule has 0 spiro atoms. The topological polar surface area (TPSA) is 44.7 Å². The Kier molecular flexibility index (Phi) is 4.66. The van der Waals surface area contributed by atoms with Crippen molar-refractivity contribution in [2.24, 2.45) is 5.10 Å². The molecule has 0 heterocycles. The van der Waals surface area contributed by atoms with Gasteiger partial charge in [-0.05, 0) is 30.3 Å². The van der Waals surface area contributed by atoms with E-state index < -0.39 is 0 Å². The van der Waals surface area contributed by atoms with Gasteiger partial charge in [-0.3, -0.25) is 4.79 Å². The van der Waals surface area contributed by atoms with Gasteiger partial charge in [0.15, 0.2) is 0 Å². The molecule has 0 unspecified atom stereocenters. The predicted molar refractivity (Wildman–Crippen MR) is 82.2 cm³/mol. The minimum atomic E-state index is -0.383. The van der Waals surface area contributed by atoms with Gasteiger partial charge in [-0.1, -0.05) is 18.2 Å². The highest BCUT2D eigenvalue weighted by Gasteiger charge is 2.04. The second-order valence-electron chi connectivity index (χ2n) is 4.66. The smallest absolute Gasteiger partial charge is 0.271 e. The summed E-state index contributed by atoms with van der Waals surface area (Å²) < 4.78 is 13.3. The average molecular weight is 285 g/mol. The first-order valence-corrected chi connectivity index (χ1v) is 6.43. The molecule has 0 aliphatic carbocycles. The minimum Gasteiger partial charge on any atom is -0.378 e. The lowest BCUT2D eigenvalue weighted by Gasteiger charge is -2.12. The normalized spacial score (nSPS) is 10.6. The minimum absolute atomic E-state index is 0.320. The van der Waals surface area contributed by atoms with E-state index in [-0.39, 0.29) is 11.7 Å². The highest BCUT2D eigenvalue weighted by molar-refractivity contribution is 5.95. The van der Waals surface area contributed by atoms with E-state index in [9.17, 15) is 9.18 Å². The van der Waals surface area contributed by atoms with Crippen molar-refractivity contribution < 1.29 is 9.18 Å². The third-order valence-corrected chi connectivity index (χ3v) is 2.92. The molecule has 1 amide bonds. The van der Waals surface area contributed by atoms with Gasteiger partial charge in [0.2, 0.25) is 0 Å². The lowest BCUT2D eigenvalue weighted by atomic mass is 10.2. The van der Waals surface area contributed by atoms with Crippen LogP contribution < -0.4 is 10.3 Å². The molecule has 0 aromatic heterocycles. The second-order valence-corrected chi connectivity index (χ2v) is 4.66. The molecule has 2 aromatic rings. The molecule has 0 bridgehead atoms. The Hall–Kier alpha value is -2.69. The Balaban J connectivity index is 2.00. The van der Waals surface area contributed by atoms with Crippen LogP contribution in [-0.2, 0) is 0 Å². The predicted octanol–water partition coefficient (Wildman–Crippen LogP) is 2.66. The standard InChI is InChI=1S/C16H16FN3O/c1-20(2)14-9-7-12(8-10-14)16(21)19-18-11-13-5-3-4-6-15(13)17/h3-11H,1-2H3,(H,19,21)/b18-11+. The Morgan fingerprint density at radius 3 is 2.43 bits per heavy atom. The van der Waals surface area contributed by atoms with Crippen LogP contribution in [0.2, 0.25) is 0 Å². The van der Waals surface area contributed by atoms with Crippen LogP contribution in [0.4, 0.5) is 10.1 Å². The summed E-state index contributed by atoms with van der Waals surface area (Å²) in [7, 11) is 3.85. The number of hydrazone groups is 1. The monoisotopic (exact) mass is 285 g/mol. The van der Waals surface area contributed by atoms with Crippen LogP contribution in [0.3, 0.4) is 0 Å². The maximum absolute atomic E-state index is 13.3. The van der Waals surface area contributed by atoms with Crippen molar-refractivity contribution in [1.29, 1.82) is 0 Å². The molecule has 0 saturated carbocycles. The third kappa shape index (κ3) is 3.89. The van der Waals surface area contributed by atoms with Gasteiger partial charge in [-0.15, -0.1) is 0 Å². The molecule has 1 N–H and O–H groups in total. The van der Waals surface area contributed by atoms with Crippen LogP contribution >= 0.6 is 0 Å². The zero-order chi connectivity index (χ0) is 15.2. The van der Waals surface area contributed by atoms with Crippen LogP contribution in [0.25, 0.3) is 0 Å². The molecule has 0 aliphatic heterocycles.